The maximum absolute atomic E-state index is 6.35. The summed E-state index contributed by atoms with van der Waals surface area (Å²) >= 11 is 0. The molecule has 18 heavy (non-hydrogen) atoms. The highest BCUT2D eigenvalue weighted by Crippen LogP contribution is 2.28. The van der Waals surface area contributed by atoms with Crippen molar-refractivity contribution in [2.24, 2.45) is 17.2 Å². The Morgan fingerprint density at radius 3 is 2.00 bits per heavy atom. The van der Waals surface area contributed by atoms with Gasteiger partial charge in [-0.25, -0.2) is 0 Å². The van der Waals surface area contributed by atoms with Gasteiger partial charge in [0.15, 0.2) is 0 Å². The van der Waals surface area contributed by atoms with Crippen LogP contribution < -0.4 is 17.2 Å². The summed E-state index contributed by atoms with van der Waals surface area (Å²) in [6.45, 7) is 8.74. The van der Waals surface area contributed by atoms with Gasteiger partial charge in [-0.2, -0.15) is 0 Å². The van der Waals surface area contributed by atoms with Gasteiger partial charge in [-0.15, -0.1) is 0 Å². The summed E-state index contributed by atoms with van der Waals surface area (Å²) in [5.74, 6) is 0. The molecule has 6 heteroatoms. The molecule has 0 saturated carbocycles. The standard InChI is InChI=1S/C12H31N3O2Si/c1-4-16-18(3,11-5-8-13)17-12(2,6-9-14)7-10-15/h4-11,13-15H2,1-3H3. The zero-order valence-electron chi connectivity index (χ0n) is 12.2. The maximum Gasteiger partial charge on any atom is 0.335 e. The van der Waals surface area contributed by atoms with Crippen LogP contribution in [0.3, 0.4) is 0 Å². The van der Waals surface area contributed by atoms with E-state index in [1.165, 1.54) is 0 Å². The Balaban J connectivity index is 4.67. The number of nitrogens with two attached hydrogens (primary N) is 3. The van der Waals surface area contributed by atoms with E-state index in [1.807, 2.05) is 6.92 Å². The first-order valence-electron chi connectivity index (χ1n) is 6.89. The fourth-order valence-corrected chi connectivity index (χ4v) is 5.25. The molecule has 0 aliphatic heterocycles. The van der Waals surface area contributed by atoms with E-state index >= 15 is 0 Å². The Hall–Kier alpha value is 0.0169. The zero-order chi connectivity index (χ0) is 14.1. The van der Waals surface area contributed by atoms with E-state index in [1.54, 1.807) is 0 Å². The highest BCUT2D eigenvalue weighted by Gasteiger charge is 2.38. The number of hydrogen-bond acceptors (Lipinski definition) is 5. The van der Waals surface area contributed by atoms with Crippen LogP contribution in [0.4, 0.5) is 0 Å². The summed E-state index contributed by atoms with van der Waals surface area (Å²) < 4.78 is 12.2. The normalized spacial score (nSPS) is 15.7. The third-order valence-corrected chi connectivity index (χ3v) is 6.18. The Kier molecular flexibility index (Phi) is 9.01. The Morgan fingerprint density at radius 1 is 1.06 bits per heavy atom. The summed E-state index contributed by atoms with van der Waals surface area (Å²) in [5, 5.41) is 0. The molecule has 1 atom stereocenters. The largest absolute Gasteiger partial charge is 0.395 e. The smallest absolute Gasteiger partial charge is 0.335 e. The van der Waals surface area contributed by atoms with Gasteiger partial charge in [-0.1, -0.05) is 0 Å². The van der Waals surface area contributed by atoms with E-state index < -0.39 is 8.56 Å². The zero-order valence-corrected chi connectivity index (χ0v) is 13.2. The molecule has 1 unspecified atom stereocenters. The third-order valence-electron chi connectivity index (χ3n) is 3.09. The molecule has 0 aromatic heterocycles. The topological polar surface area (TPSA) is 96.5 Å². The predicted octanol–water partition coefficient (Wildman–Crippen LogP) is 0.917. The Bertz CT molecular complexity index is 213. The molecule has 0 aliphatic rings. The molecule has 6 N–H and O–H groups in total. The van der Waals surface area contributed by atoms with E-state index in [2.05, 4.69) is 13.5 Å². The van der Waals surface area contributed by atoms with Crippen molar-refractivity contribution in [1.82, 2.24) is 0 Å². The summed E-state index contributed by atoms with van der Waals surface area (Å²) in [7, 11) is -2.17. The van der Waals surface area contributed by atoms with Gasteiger partial charge >= 0.3 is 8.56 Å². The van der Waals surface area contributed by atoms with Gasteiger partial charge in [-0.3, -0.25) is 0 Å². The van der Waals surface area contributed by atoms with Gasteiger partial charge in [-0.05, 0) is 65.3 Å². The van der Waals surface area contributed by atoms with Gasteiger partial charge in [0.2, 0.25) is 0 Å². The lowest BCUT2D eigenvalue weighted by Gasteiger charge is -2.38. The first-order valence-corrected chi connectivity index (χ1v) is 9.42. The summed E-state index contributed by atoms with van der Waals surface area (Å²) in [6, 6.07) is 0.919. The Labute approximate surface area is 113 Å². The van der Waals surface area contributed by atoms with Crippen LogP contribution in [-0.4, -0.2) is 40.4 Å². The van der Waals surface area contributed by atoms with Crippen molar-refractivity contribution in [3.05, 3.63) is 0 Å². The molecule has 110 valence electrons. The average molecular weight is 277 g/mol. The lowest BCUT2D eigenvalue weighted by Crippen LogP contribution is -2.49. The highest BCUT2D eigenvalue weighted by atomic mass is 28.4. The van der Waals surface area contributed by atoms with Crippen LogP contribution in [-0.2, 0) is 8.85 Å². The molecule has 0 amide bonds. The van der Waals surface area contributed by atoms with Crippen LogP contribution in [0.25, 0.3) is 0 Å². The van der Waals surface area contributed by atoms with Gasteiger partial charge in [0, 0.05) is 6.61 Å². The second-order valence-electron chi connectivity index (χ2n) is 5.09. The summed E-state index contributed by atoms with van der Waals surface area (Å²) in [5.41, 5.74) is 16.7. The second kappa shape index (κ2) is 9.01. The van der Waals surface area contributed by atoms with Crippen LogP contribution in [0.1, 0.15) is 33.1 Å². The van der Waals surface area contributed by atoms with Crippen LogP contribution >= 0.6 is 0 Å². The first-order chi connectivity index (χ1) is 8.45. The summed E-state index contributed by atoms with van der Waals surface area (Å²) in [4.78, 5) is 0. The fraction of sp³-hybridized carbons (Fsp3) is 1.00. The van der Waals surface area contributed by atoms with E-state index in [0.29, 0.717) is 26.2 Å². The van der Waals surface area contributed by atoms with Gasteiger partial charge in [0.25, 0.3) is 0 Å². The van der Waals surface area contributed by atoms with Crippen molar-refractivity contribution in [3.8, 4) is 0 Å². The van der Waals surface area contributed by atoms with Gasteiger partial charge < -0.3 is 26.1 Å². The number of rotatable bonds is 11. The van der Waals surface area contributed by atoms with Crippen LogP contribution in [0.15, 0.2) is 0 Å². The average Bonchev–Trinajstić information content (AvgIpc) is 2.27. The minimum atomic E-state index is -2.17. The lowest BCUT2D eigenvalue weighted by atomic mass is 9.99. The fourth-order valence-electron chi connectivity index (χ4n) is 2.24. The maximum atomic E-state index is 6.35. The van der Waals surface area contributed by atoms with Gasteiger partial charge in [0.05, 0.1) is 5.60 Å². The molecule has 0 aromatic rings. The van der Waals surface area contributed by atoms with E-state index in [-0.39, 0.29) is 5.60 Å². The van der Waals surface area contributed by atoms with E-state index in [0.717, 1.165) is 25.3 Å². The summed E-state index contributed by atoms with van der Waals surface area (Å²) in [6.07, 6.45) is 2.55. The molecule has 0 spiro atoms. The van der Waals surface area contributed by atoms with Crippen molar-refractivity contribution >= 4 is 8.56 Å². The van der Waals surface area contributed by atoms with E-state index in [4.69, 9.17) is 26.1 Å². The van der Waals surface area contributed by atoms with Crippen molar-refractivity contribution in [1.29, 1.82) is 0 Å². The number of hydrogen-bond donors (Lipinski definition) is 3. The molecule has 0 saturated heterocycles. The molecule has 5 nitrogen and oxygen atoms in total. The molecular formula is C12H31N3O2Si. The lowest BCUT2D eigenvalue weighted by molar-refractivity contribution is 0.0272. The molecule has 0 fully saturated rings. The first kappa shape index (κ1) is 18.0. The molecular weight excluding hydrogens is 246 g/mol. The molecule has 0 rings (SSSR count). The van der Waals surface area contributed by atoms with Crippen molar-refractivity contribution in [3.63, 3.8) is 0 Å². The predicted molar refractivity (Wildman–Crippen MR) is 78.6 cm³/mol. The van der Waals surface area contributed by atoms with Crippen molar-refractivity contribution in [2.75, 3.05) is 26.2 Å². The molecule has 0 heterocycles. The molecule has 0 bridgehead atoms. The monoisotopic (exact) mass is 277 g/mol. The third kappa shape index (κ3) is 6.82. The molecule has 0 radical (unpaired) electrons. The van der Waals surface area contributed by atoms with Crippen molar-refractivity contribution in [2.45, 2.75) is 51.3 Å². The highest BCUT2D eigenvalue weighted by molar-refractivity contribution is 6.66. The van der Waals surface area contributed by atoms with Crippen molar-refractivity contribution < 1.29 is 8.85 Å². The minimum Gasteiger partial charge on any atom is -0.395 e. The molecule has 0 aromatic carbocycles. The quantitative estimate of drug-likeness (QED) is 0.488. The molecule has 0 aliphatic carbocycles. The minimum absolute atomic E-state index is 0.270. The second-order valence-corrected chi connectivity index (χ2v) is 8.35. The van der Waals surface area contributed by atoms with Gasteiger partial charge in [0.1, 0.15) is 0 Å². The van der Waals surface area contributed by atoms with Crippen LogP contribution in [0, 0.1) is 0 Å². The van der Waals surface area contributed by atoms with E-state index in [9.17, 15) is 0 Å². The van der Waals surface area contributed by atoms with Crippen LogP contribution in [0.2, 0.25) is 12.6 Å². The van der Waals surface area contributed by atoms with Crippen LogP contribution in [0.5, 0.6) is 0 Å². The SMILES string of the molecule is CCO[Si](C)(CCCN)OC(C)(CCN)CCN. The Morgan fingerprint density at radius 2 is 1.61 bits per heavy atom.